The first-order valence-corrected chi connectivity index (χ1v) is 11.3. The Morgan fingerprint density at radius 3 is 2.36 bits per heavy atom. The highest BCUT2D eigenvalue weighted by atomic mass is 16.5. The van der Waals surface area contributed by atoms with Crippen molar-refractivity contribution in [1.29, 1.82) is 0 Å². The molecule has 4 rings (SSSR count). The predicted molar refractivity (Wildman–Crippen MR) is 132 cm³/mol. The zero-order valence-electron chi connectivity index (χ0n) is 19.0. The normalized spacial score (nSPS) is 14.9. The molecule has 0 radical (unpaired) electrons. The van der Waals surface area contributed by atoms with Crippen molar-refractivity contribution in [2.75, 3.05) is 32.7 Å². The van der Waals surface area contributed by atoms with Crippen LogP contribution in [0.1, 0.15) is 16.7 Å². The number of hydrazone groups is 1. The fourth-order valence-electron chi connectivity index (χ4n) is 3.76. The second kappa shape index (κ2) is 11.4. The monoisotopic (exact) mass is 442 g/mol. The summed E-state index contributed by atoms with van der Waals surface area (Å²) in [7, 11) is 0. The number of aryl methyl sites for hydroxylation is 1. The quantitative estimate of drug-likeness (QED) is 0.422. The Hall–Kier alpha value is -3.48. The van der Waals surface area contributed by atoms with E-state index in [4.69, 9.17) is 4.74 Å². The second-order valence-electron chi connectivity index (χ2n) is 8.32. The van der Waals surface area contributed by atoms with Crippen LogP contribution in [-0.2, 0) is 11.3 Å². The van der Waals surface area contributed by atoms with Crippen molar-refractivity contribution < 1.29 is 9.53 Å². The number of hydrogen-bond donors (Lipinski definition) is 1. The molecule has 1 fully saturated rings. The van der Waals surface area contributed by atoms with Gasteiger partial charge in [0.25, 0.3) is 5.91 Å². The maximum absolute atomic E-state index is 12.3. The molecular formula is C27H30N4O2. The number of para-hydroxylation sites is 1. The third-order valence-electron chi connectivity index (χ3n) is 5.60. The number of hydrogen-bond acceptors (Lipinski definition) is 5. The molecule has 6 nitrogen and oxygen atoms in total. The van der Waals surface area contributed by atoms with Gasteiger partial charge in [-0.15, -0.1) is 0 Å². The maximum atomic E-state index is 12.3. The van der Waals surface area contributed by atoms with Crippen LogP contribution in [0.25, 0.3) is 0 Å². The van der Waals surface area contributed by atoms with Gasteiger partial charge >= 0.3 is 0 Å². The molecular weight excluding hydrogens is 412 g/mol. The first-order valence-electron chi connectivity index (χ1n) is 11.3. The van der Waals surface area contributed by atoms with Gasteiger partial charge in [-0.2, -0.15) is 5.10 Å². The number of rotatable bonds is 8. The smallest absolute Gasteiger partial charge is 0.254 e. The standard InChI is InChI=1S/C27H30N4O2/c1-22-10-12-23(13-11-22)20-30-14-16-31(17-15-30)21-27(32)29-28-19-24-6-5-9-26(18-24)33-25-7-3-2-4-8-25/h2-13,18-19H,14-17,20-21H2,1H3,(H,29,32). The van der Waals surface area contributed by atoms with Gasteiger partial charge in [0.05, 0.1) is 12.8 Å². The van der Waals surface area contributed by atoms with Crippen LogP contribution in [0.4, 0.5) is 0 Å². The molecule has 170 valence electrons. The molecule has 1 aliphatic heterocycles. The lowest BCUT2D eigenvalue weighted by Crippen LogP contribution is -2.48. The molecule has 3 aromatic rings. The van der Waals surface area contributed by atoms with Crippen molar-refractivity contribution in [3.05, 3.63) is 95.6 Å². The van der Waals surface area contributed by atoms with E-state index in [1.807, 2.05) is 54.6 Å². The average Bonchev–Trinajstić information content (AvgIpc) is 2.83. The van der Waals surface area contributed by atoms with Crippen LogP contribution in [0.2, 0.25) is 0 Å². The van der Waals surface area contributed by atoms with E-state index in [1.165, 1.54) is 11.1 Å². The highest BCUT2D eigenvalue weighted by Crippen LogP contribution is 2.21. The summed E-state index contributed by atoms with van der Waals surface area (Å²) in [5, 5.41) is 4.12. The zero-order valence-corrected chi connectivity index (χ0v) is 19.0. The Bertz CT molecular complexity index is 1060. The van der Waals surface area contributed by atoms with Crippen LogP contribution < -0.4 is 10.2 Å². The molecule has 0 atom stereocenters. The second-order valence-corrected chi connectivity index (χ2v) is 8.32. The van der Waals surface area contributed by atoms with Crippen molar-refractivity contribution in [3.8, 4) is 11.5 Å². The highest BCUT2D eigenvalue weighted by Gasteiger charge is 2.18. The van der Waals surface area contributed by atoms with Crippen molar-refractivity contribution in [3.63, 3.8) is 0 Å². The Balaban J connectivity index is 1.19. The molecule has 1 saturated heterocycles. The summed E-state index contributed by atoms with van der Waals surface area (Å²) in [5.41, 5.74) is 6.11. The maximum Gasteiger partial charge on any atom is 0.254 e. The number of amides is 1. The molecule has 33 heavy (non-hydrogen) atoms. The van der Waals surface area contributed by atoms with Crippen LogP contribution in [0.5, 0.6) is 11.5 Å². The van der Waals surface area contributed by atoms with Gasteiger partial charge in [-0.05, 0) is 42.3 Å². The summed E-state index contributed by atoms with van der Waals surface area (Å²) in [4.78, 5) is 16.9. The molecule has 1 amide bonds. The topological polar surface area (TPSA) is 57.2 Å². The van der Waals surface area contributed by atoms with Gasteiger partial charge in [-0.25, -0.2) is 5.43 Å². The van der Waals surface area contributed by atoms with Crippen LogP contribution in [0.3, 0.4) is 0 Å². The Morgan fingerprint density at radius 2 is 1.61 bits per heavy atom. The van der Waals surface area contributed by atoms with Gasteiger partial charge in [-0.3, -0.25) is 14.6 Å². The molecule has 3 aromatic carbocycles. The van der Waals surface area contributed by atoms with Gasteiger partial charge in [0.2, 0.25) is 0 Å². The van der Waals surface area contributed by atoms with Crippen LogP contribution >= 0.6 is 0 Å². The first-order chi connectivity index (χ1) is 16.1. The molecule has 0 spiro atoms. The third kappa shape index (κ3) is 7.27. The fourth-order valence-corrected chi connectivity index (χ4v) is 3.76. The zero-order chi connectivity index (χ0) is 22.9. The molecule has 0 aromatic heterocycles. The molecule has 6 heteroatoms. The van der Waals surface area contributed by atoms with E-state index in [2.05, 4.69) is 51.5 Å². The predicted octanol–water partition coefficient (Wildman–Crippen LogP) is 4.06. The van der Waals surface area contributed by atoms with E-state index in [9.17, 15) is 4.79 Å². The largest absolute Gasteiger partial charge is 0.457 e. The Kier molecular flexibility index (Phi) is 7.85. The van der Waals surface area contributed by atoms with Gasteiger partial charge in [0.15, 0.2) is 0 Å². The number of carbonyl (C=O) groups excluding carboxylic acids is 1. The number of nitrogens with one attached hydrogen (secondary N) is 1. The summed E-state index contributed by atoms with van der Waals surface area (Å²) in [6.45, 7) is 7.08. The van der Waals surface area contributed by atoms with Crippen molar-refractivity contribution in [2.45, 2.75) is 13.5 Å². The van der Waals surface area contributed by atoms with E-state index >= 15 is 0 Å². The lowest BCUT2D eigenvalue weighted by Gasteiger charge is -2.34. The third-order valence-corrected chi connectivity index (χ3v) is 5.60. The van der Waals surface area contributed by atoms with Crippen molar-refractivity contribution >= 4 is 12.1 Å². The average molecular weight is 443 g/mol. The number of ether oxygens (including phenoxy) is 1. The lowest BCUT2D eigenvalue weighted by atomic mass is 10.1. The van der Waals surface area contributed by atoms with Crippen LogP contribution in [0, 0.1) is 6.92 Å². The van der Waals surface area contributed by atoms with Gasteiger partial charge in [-0.1, -0.05) is 60.2 Å². The van der Waals surface area contributed by atoms with E-state index < -0.39 is 0 Å². The van der Waals surface area contributed by atoms with Crippen molar-refractivity contribution in [1.82, 2.24) is 15.2 Å². The van der Waals surface area contributed by atoms with E-state index in [-0.39, 0.29) is 5.91 Å². The van der Waals surface area contributed by atoms with Gasteiger partial charge in [0, 0.05) is 32.7 Å². The summed E-state index contributed by atoms with van der Waals surface area (Å²) in [5.74, 6) is 1.40. The number of piperazine rings is 1. The molecule has 0 saturated carbocycles. The summed E-state index contributed by atoms with van der Waals surface area (Å²) < 4.78 is 5.84. The summed E-state index contributed by atoms with van der Waals surface area (Å²) in [6, 6.07) is 25.9. The minimum Gasteiger partial charge on any atom is -0.457 e. The Labute approximate surface area is 195 Å². The van der Waals surface area contributed by atoms with E-state index in [0.717, 1.165) is 49.8 Å². The molecule has 0 unspecified atom stereocenters. The number of nitrogens with zero attached hydrogens (tertiary/aromatic N) is 3. The molecule has 0 bridgehead atoms. The highest BCUT2D eigenvalue weighted by molar-refractivity contribution is 5.83. The summed E-state index contributed by atoms with van der Waals surface area (Å²) >= 11 is 0. The first kappa shape index (κ1) is 22.7. The van der Waals surface area contributed by atoms with E-state index in [1.54, 1.807) is 6.21 Å². The van der Waals surface area contributed by atoms with Crippen LogP contribution in [-0.4, -0.2) is 54.6 Å². The van der Waals surface area contributed by atoms with Gasteiger partial charge < -0.3 is 4.74 Å². The molecule has 1 heterocycles. The lowest BCUT2D eigenvalue weighted by molar-refractivity contribution is -0.122. The Morgan fingerprint density at radius 1 is 0.909 bits per heavy atom. The number of carbonyl (C=O) groups is 1. The van der Waals surface area contributed by atoms with Crippen LogP contribution in [0.15, 0.2) is 84.0 Å². The van der Waals surface area contributed by atoms with Gasteiger partial charge in [0.1, 0.15) is 11.5 Å². The molecule has 0 aliphatic carbocycles. The minimum absolute atomic E-state index is 0.102. The fraction of sp³-hybridized carbons (Fsp3) is 0.259. The molecule has 1 aliphatic rings. The summed E-state index contributed by atoms with van der Waals surface area (Å²) in [6.07, 6.45) is 1.63. The minimum atomic E-state index is -0.102. The van der Waals surface area contributed by atoms with Crippen molar-refractivity contribution in [2.24, 2.45) is 5.10 Å². The number of benzene rings is 3. The SMILES string of the molecule is Cc1ccc(CN2CCN(CC(=O)NN=Cc3cccc(Oc4ccccc4)c3)CC2)cc1. The van der Waals surface area contributed by atoms with E-state index in [0.29, 0.717) is 6.54 Å². The molecule has 1 N–H and O–H groups in total.